The van der Waals surface area contributed by atoms with Gasteiger partial charge >= 0.3 is 6.18 Å². The first-order valence-corrected chi connectivity index (χ1v) is 5.10. The van der Waals surface area contributed by atoms with Gasteiger partial charge in [0.1, 0.15) is 0 Å². The zero-order chi connectivity index (χ0) is 11.0. The minimum atomic E-state index is -9.64. The van der Waals surface area contributed by atoms with E-state index in [-0.39, 0.29) is 0 Å². The Kier molecular flexibility index (Phi) is 2.39. The van der Waals surface area contributed by atoms with E-state index in [1.54, 1.807) is 0 Å². The smallest absolute Gasteiger partial charge is 0.171 e. The Morgan fingerprint density at radius 3 is 1.46 bits per heavy atom. The van der Waals surface area contributed by atoms with Gasteiger partial charge in [-0.1, -0.05) is 19.4 Å². The number of alkyl halides is 3. The number of hydrogen-bond acceptors (Lipinski definition) is 0. The standard InChI is InChI=1S/C4H6F8S/c5-4(6,7)2-1-3-13(8,9,10,11)12/h1-3H2. The second-order valence-electron chi connectivity index (χ2n) is 2.55. The van der Waals surface area contributed by atoms with E-state index in [4.69, 9.17) is 0 Å². The van der Waals surface area contributed by atoms with Crippen LogP contribution in [0.1, 0.15) is 12.8 Å². The van der Waals surface area contributed by atoms with Gasteiger partial charge in [-0.2, -0.15) is 13.2 Å². The molecule has 0 spiro atoms. The van der Waals surface area contributed by atoms with Crippen molar-refractivity contribution < 1.29 is 32.6 Å². The molecule has 0 saturated carbocycles. The Labute approximate surface area is 68.6 Å². The van der Waals surface area contributed by atoms with Crippen LogP contribution in [0.4, 0.5) is 32.6 Å². The molecule has 84 valence electrons. The van der Waals surface area contributed by atoms with Crippen LogP contribution in [0.3, 0.4) is 0 Å². The maximum absolute atomic E-state index is 11.4. The third kappa shape index (κ3) is 11.8. The van der Waals surface area contributed by atoms with Crippen LogP contribution in [0.25, 0.3) is 0 Å². The van der Waals surface area contributed by atoms with Crippen LogP contribution >= 0.6 is 10.2 Å². The molecular weight excluding hydrogens is 232 g/mol. The van der Waals surface area contributed by atoms with Crippen molar-refractivity contribution in [2.45, 2.75) is 19.0 Å². The highest BCUT2D eigenvalue weighted by atomic mass is 32.5. The Morgan fingerprint density at radius 1 is 0.846 bits per heavy atom. The van der Waals surface area contributed by atoms with Gasteiger partial charge in [0.15, 0.2) is 0 Å². The molecule has 0 rings (SSSR count). The molecule has 0 aromatic carbocycles. The fourth-order valence-electron chi connectivity index (χ4n) is 0.545. The highest BCUT2D eigenvalue weighted by Gasteiger charge is 2.62. The molecule has 0 aliphatic carbocycles. The van der Waals surface area contributed by atoms with Gasteiger partial charge in [-0.25, -0.2) is 0 Å². The van der Waals surface area contributed by atoms with E-state index in [0.29, 0.717) is 0 Å². The average Bonchev–Trinajstić information content (AvgIpc) is 1.50. The van der Waals surface area contributed by atoms with Gasteiger partial charge in [-0.15, -0.1) is 0 Å². The lowest BCUT2D eigenvalue weighted by molar-refractivity contribution is -0.134. The van der Waals surface area contributed by atoms with Gasteiger partial charge in [0.2, 0.25) is 0 Å². The minimum Gasteiger partial charge on any atom is -0.171 e. The van der Waals surface area contributed by atoms with E-state index in [9.17, 15) is 32.6 Å². The second kappa shape index (κ2) is 2.43. The van der Waals surface area contributed by atoms with E-state index in [1.807, 2.05) is 0 Å². The monoisotopic (exact) mass is 238 g/mol. The first kappa shape index (κ1) is 12.8. The zero-order valence-electron chi connectivity index (χ0n) is 6.05. The third-order valence-corrected chi connectivity index (χ3v) is 2.05. The fraction of sp³-hybridized carbons (Fsp3) is 1.00. The molecule has 0 nitrogen and oxygen atoms in total. The van der Waals surface area contributed by atoms with Crippen LogP contribution in [0.2, 0.25) is 0 Å². The Morgan fingerprint density at radius 2 is 1.23 bits per heavy atom. The fourth-order valence-corrected chi connectivity index (χ4v) is 1.24. The summed E-state index contributed by atoms with van der Waals surface area (Å²) in [5.41, 5.74) is 0. The normalized spacial score (nSPS) is 19.4. The molecule has 0 fully saturated rings. The third-order valence-electron chi connectivity index (χ3n) is 0.990. The van der Waals surface area contributed by atoms with Crippen LogP contribution < -0.4 is 0 Å². The summed E-state index contributed by atoms with van der Waals surface area (Å²) in [4.78, 5) is 0. The van der Waals surface area contributed by atoms with E-state index in [2.05, 4.69) is 0 Å². The van der Waals surface area contributed by atoms with Crippen molar-refractivity contribution in [2.75, 3.05) is 5.75 Å². The van der Waals surface area contributed by atoms with Crippen LogP contribution in [0, 0.1) is 0 Å². The SMILES string of the molecule is FC(F)(F)CCCS(F)(F)(F)(F)F. The summed E-state index contributed by atoms with van der Waals surface area (Å²) in [6.07, 6.45) is -8.30. The molecule has 0 bridgehead atoms. The predicted octanol–water partition coefficient (Wildman–Crippen LogP) is 4.63. The molecule has 0 unspecified atom stereocenters. The van der Waals surface area contributed by atoms with Crippen molar-refractivity contribution in [1.82, 2.24) is 0 Å². The van der Waals surface area contributed by atoms with E-state index >= 15 is 0 Å². The van der Waals surface area contributed by atoms with Crippen molar-refractivity contribution >= 4 is 10.2 Å². The molecule has 0 aromatic rings. The Hall–Kier alpha value is -0.210. The predicted molar refractivity (Wildman–Crippen MR) is 33.3 cm³/mol. The highest BCUT2D eigenvalue weighted by Crippen LogP contribution is 2.97. The lowest BCUT2D eigenvalue weighted by Crippen LogP contribution is -2.15. The quantitative estimate of drug-likeness (QED) is 0.629. The molecule has 0 atom stereocenters. The summed E-state index contributed by atoms with van der Waals surface area (Å²) in [5.74, 6) is -2.65. The maximum Gasteiger partial charge on any atom is 0.389 e. The second-order valence-corrected chi connectivity index (χ2v) is 5.22. The molecule has 13 heavy (non-hydrogen) atoms. The first-order valence-electron chi connectivity index (χ1n) is 2.98. The van der Waals surface area contributed by atoms with Crippen molar-refractivity contribution in [1.29, 1.82) is 0 Å². The van der Waals surface area contributed by atoms with Crippen molar-refractivity contribution in [3.05, 3.63) is 0 Å². The summed E-state index contributed by atoms with van der Waals surface area (Å²) in [5, 5.41) is 0. The van der Waals surface area contributed by atoms with Crippen LogP contribution in [0.5, 0.6) is 0 Å². The average molecular weight is 238 g/mol. The van der Waals surface area contributed by atoms with E-state index < -0.39 is 35.0 Å². The van der Waals surface area contributed by atoms with Gasteiger partial charge in [0.05, 0.1) is 5.75 Å². The lowest BCUT2D eigenvalue weighted by atomic mass is 10.3. The summed E-state index contributed by atoms with van der Waals surface area (Å²) in [7, 11) is -9.64. The van der Waals surface area contributed by atoms with Crippen LogP contribution in [0.15, 0.2) is 0 Å². The van der Waals surface area contributed by atoms with Gasteiger partial charge in [0, 0.05) is 6.42 Å². The van der Waals surface area contributed by atoms with Gasteiger partial charge in [-0.05, 0) is 6.42 Å². The first-order chi connectivity index (χ1) is 5.18. The van der Waals surface area contributed by atoms with Crippen LogP contribution in [-0.2, 0) is 0 Å². The number of rotatable bonds is 3. The summed E-state index contributed by atoms with van der Waals surface area (Å²) >= 11 is 0. The van der Waals surface area contributed by atoms with Crippen LogP contribution in [-0.4, -0.2) is 11.9 Å². The molecule has 0 saturated heterocycles. The molecule has 9 heteroatoms. The molecule has 0 amide bonds. The Bertz CT molecular complexity index is 182. The maximum atomic E-state index is 11.4. The van der Waals surface area contributed by atoms with E-state index in [0.717, 1.165) is 0 Å². The van der Waals surface area contributed by atoms with Crippen molar-refractivity contribution in [2.24, 2.45) is 0 Å². The summed E-state index contributed by atoms with van der Waals surface area (Å²) < 4.78 is 91.0. The molecule has 0 aliphatic heterocycles. The molecular formula is C4H6F8S. The molecule has 0 radical (unpaired) electrons. The molecule has 0 N–H and O–H groups in total. The van der Waals surface area contributed by atoms with Gasteiger partial charge in [-0.3, -0.25) is 0 Å². The van der Waals surface area contributed by atoms with Crippen molar-refractivity contribution in [3.8, 4) is 0 Å². The van der Waals surface area contributed by atoms with Gasteiger partial charge in [0.25, 0.3) is 10.2 Å². The van der Waals surface area contributed by atoms with Gasteiger partial charge < -0.3 is 0 Å². The zero-order valence-corrected chi connectivity index (χ0v) is 6.87. The number of halogens is 8. The molecule has 0 aromatic heterocycles. The minimum absolute atomic E-state index is 1.62. The van der Waals surface area contributed by atoms with E-state index in [1.165, 1.54) is 0 Å². The summed E-state index contributed by atoms with van der Waals surface area (Å²) in [6.45, 7) is 0. The van der Waals surface area contributed by atoms with Crippen molar-refractivity contribution in [3.63, 3.8) is 0 Å². The highest BCUT2D eigenvalue weighted by molar-refractivity contribution is 8.45. The summed E-state index contributed by atoms with van der Waals surface area (Å²) in [6, 6.07) is 0. The number of hydrogen-bond donors (Lipinski definition) is 0. The molecule has 0 heterocycles. The largest absolute Gasteiger partial charge is 0.389 e. The topological polar surface area (TPSA) is 0 Å². The Balaban J connectivity index is 4.08. The molecule has 0 aliphatic rings. The lowest BCUT2D eigenvalue weighted by Gasteiger charge is -2.40.